The molecule has 15 nitrogen and oxygen atoms in total. The summed E-state index contributed by atoms with van der Waals surface area (Å²) in [6.45, 7) is 8.11. The largest absolute Gasteiger partial charge is 0.544 e. The molecule has 0 aliphatic carbocycles. The number of carboxylic acid groups (broad SMARTS) is 1. The minimum atomic E-state index is -1.06. The van der Waals surface area contributed by atoms with Crippen molar-refractivity contribution in [2.75, 3.05) is 84.5 Å². The van der Waals surface area contributed by atoms with Crippen LogP contribution in [0.15, 0.2) is 42.7 Å². The number of imidazole rings is 1. The zero-order valence-electron chi connectivity index (χ0n) is 33.3. The number of nitrogens with one attached hydrogen (secondary N) is 2. The number of halogens is 3. The standard InChI is InChI=1S/C41H48Cl2FN9O6/c1-25-32(21-47-52(25)14-17-59-3)29-6-7-31(37(44)36(29)43)34-22-46-38(49(34)2)39(56)48-28-4-5-30(33(42)18-28)41(58)51-12-10-50(11-13-51)40(57)27-8-15-53(16-9-27,24-35(54)55)23-26-19-45-20-26/h4-7,18,21-22,26-27,45H,8-17,19-20,23-24H2,1-3H3,(H-,48,54,55,56,58). The molecule has 5 heterocycles. The quantitative estimate of drug-likeness (QED) is 0.192. The van der Waals surface area contributed by atoms with E-state index in [2.05, 4.69) is 20.7 Å². The molecule has 2 N–H and O–H groups in total. The number of carboxylic acids is 1. The van der Waals surface area contributed by atoms with Crippen LogP contribution in [0.2, 0.25) is 10.0 Å². The highest BCUT2D eigenvalue weighted by Gasteiger charge is 2.41. The molecule has 0 spiro atoms. The Morgan fingerprint density at radius 3 is 2.34 bits per heavy atom. The fraction of sp³-hybridized carbons (Fsp3) is 0.463. The fourth-order valence-corrected chi connectivity index (χ4v) is 9.05. The van der Waals surface area contributed by atoms with E-state index in [-0.39, 0.29) is 51.3 Å². The molecule has 0 saturated carbocycles. The summed E-state index contributed by atoms with van der Waals surface area (Å²) >= 11 is 13.2. The highest BCUT2D eigenvalue weighted by Crippen LogP contribution is 2.37. The second-order valence-electron chi connectivity index (χ2n) is 15.7. The third kappa shape index (κ3) is 8.87. The SMILES string of the molecule is COCCn1ncc(-c2ccc(-c3cnc(C(=O)Nc4ccc(C(=O)N5CCN(C(=O)C6CC[N+](CC(=O)[O-])(CC7CNC7)CC6)CC5)c(Cl)c4)n3C)c(F)c2Cl)c1C. The number of anilines is 1. The smallest absolute Gasteiger partial charge is 0.291 e. The summed E-state index contributed by atoms with van der Waals surface area (Å²) < 4.78 is 24.7. The van der Waals surface area contributed by atoms with Gasteiger partial charge in [0.25, 0.3) is 11.8 Å². The number of aliphatic carboxylic acids is 1. The van der Waals surface area contributed by atoms with Crippen molar-refractivity contribution >= 4 is 52.6 Å². The van der Waals surface area contributed by atoms with E-state index in [1.54, 1.807) is 59.1 Å². The number of carbonyl (C=O) groups is 4. The van der Waals surface area contributed by atoms with E-state index < -0.39 is 17.7 Å². The molecule has 0 atom stereocenters. The molecule has 0 radical (unpaired) electrons. The van der Waals surface area contributed by atoms with E-state index in [9.17, 15) is 24.3 Å². The Kier molecular flexibility index (Phi) is 12.7. The molecular formula is C41H48Cl2FN9O6. The first-order chi connectivity index (χ1) is 28.3. The molecular weight excluding hydrogens is 804 g/mol. The van der Waals surface area contributed by atoms with Crippen LogP contribution in [0.4, 0.5) is 10.1 Å². The van der Waals surface area contributed by atoms with Gasteiger partial charge in [0.15, 0.2) is 11.6 Å². The maximum absolute atomic E-state index is 15.8. The van der Waals surface area contributed by atoms with Crippen LogP contribution in [-0.2, 0) is 27.9 Å². The lowest BCUT2D eigenvalue weighted by Crippen LogP contribution is -2.63. The van der Waals surface area contributed by atoms with Gasteiger partial charge in [-0.1, -0.05) is 29.3 Å². The summed E-state index contributed by atoms with van der Waals surface area (Å²) in [5, 5.41) is 22.0. The van der Waals surface area contributed by atoms with Crippen molar-refractivity contribution < 1.29 is 37.9 Å². The van der Waals surface area contributed by atoms with Gasteiger partial charge in [0.2, 0.25) is 5.91 Å². The predicted molar refractivity (Wildman–Crippen MR) is 217 cm³/mol. The van der Waals surface area contributed by atoms with Gasteiger partial charge in [-0.2, -0.15) is 5.10 Å². The molecule has 4 aromatic rings. The summed E-state index contributed by atoms with van der Waals surface area (Å²) in [5.74, 6) is -2.26. The van der Waals surface area contributed by atoms with E-state index in [0.29, 0.717) is 98.2 Å². The van der Waals surface area contributed by atoms with E-state index >= 15 is 4.39 Å². The first-order valence-electron chi connectivity index (χ1n) is 19.8. The Bertz CT molecular complexity index is 2240. The number of likely N-dealkylation sites (tertiary alicyclic amines) is 1. The highest BCUT2D eigenvalue weighted by atomic mass is 35.5. The number of carbonyl (C=O) groups excluding carboxylic acids is 4. The van der Waals surface area contributed by atoms with E-state index in [4.69, 9.17) is 27.9 Å². The average molecular weight is 853 g/mol. The van der Waals surface area contributed by atoms with Gasteiger partial charge in [0, 0.05) is 106 Å². The first kappa shape index (κ1) is 42.3. The molecule has 2 aromatic carbocycles. The molecule has 0 bridgehead atoms. The Morgan fingerprint density at radius 2 is 1.69 bits per heavy atom. The zero-order valence-corrected chi connectivity index (χ0v) is 34.8. The molecule has 3 aliphatic heterocycles. The molecule has 3 saturated heterocycles. The number of piperidine rings is 1. The van der Waals surface area contributed by atoms with Crippen molar-refractivity contribution in [1.29, 1.82) is 0 Å². The maximum atomic E-state index is 15.8. The Labute approximate surface area is 351 Å². The van der Waals surface area contributed by atoms with Gasteiger partial charge in [0.1, 0.15) is 6.54 Å². The van der Waals surface area contributed by atoms with Crippen LogP contribution >= 0.6 is 23.2 Å². The summed E-state index contributed by atoms with van der Waals surface area (Å²) in [7, 11) is 3.20. The number of benzene rings is 2. The Hall–Kier alpha value is -4.87. The van der Waals surface area contributed by atoms with Crippen LogP contribution in [-0.4, -0.2) is 136 Å². The minimum absolute atomic E-state index is 0.00829. The molecule has 59 heavy (non-hydrogen) atoms. The topological polar surface area (TPSA) is 167 Å². The van der Waals surface area contributed by atoms with Gasteiger partial charge in [-0.05, 0) is 31.2 Å². The van der Waals surface area contributed by atoms with Crippen LogP contribution in [0.1, 0.15) is 39.5 Å². The van der Waals surface area contributed by atoms with E-state index in [1.807, 2.05) is 6.92 Å². The fourth-order valence-electron chi connectivity index (χ4n) is 8.52. The van der Waals surface area contributed by atoms with E-state index in [0.717, 1.165) is 25.3 Å². The number of amides is 3. The molecule has 7 rings (SSSR count). The van der Waals surface area contributed by atoms with Crippen LogP contribution in [0.3, 0.4) is 0 Å². The van der Waals surface area contributed by atoms with Crippen LogP contribution in [0.5, 0.6) is 0 Å². The number of ether oxygens (including phenoxy) is 1. The van der Waals surface area contributed by atoms with Crippen LogP contribution in [0, 0.1) is 24.6 Å². The van der Waals surface area contributed by atoms with Crippen molar-refractivity contribution in [3.05, 3.63) is 75.7 Å². The molecule has 314 valence electrons. The molecule has 18 heteroatoms. The molecule has 3 amide bonds. The number of nitrogens with zero attached hydrogens (tertiary/aromatic N) is 7. The number of aromatic nitrogens is 4. The Balaban J connectivity index is 0.939. The van der Waals surface area contributed by atoms with Crippen molar-refractivity contribution in [3.8, 4) is 22.4 Å². The predicted octanol–water partition coefficient (Wildman–Crippen LogP) is 3.08. The lowest BCUT2D eigenvalue weighted by atomic mass is 9.90. The third-order valence-electron chi connectivity index (χ3n) is 12.0. The zero-order chi connectivity index (χ0) is 42.0. The van der Waals surface area contributed by atoms with Gasteiger partial charge in [-0.15, -0.1) is 0 Å². The third-order valence-corrected chi connectivity index (χ3v) is 12.7. The summed E-state index contributed by atoms with van der Waals surface area (Å²) in [4.78, 5) is 59.7. The monoisotopic (exact) mass is 851 g/mol. The van der Waals surface area contributed by atoms with Gasteiger partial charge in [0.05, 0.1) is 72.5 Å². The van der Waals surface area contributed by atoms with Gasteiger partial charge in [-0.3, -0.25) is 19.1 Å². The number of rotatable bonds is 13. The van der Waals surface area contributed by atoms with Gasteiger partial charge in [-0.25, -0.2) is 9.37 Å². The van der Waals surface area contributed by atoms with Crippen molar-refractivity contribution in [1.82, 2.24) is 34.4 Å². The van der Waals surface area contributed by atoms with Crippen LogP contribution < -0.4 is 15.7 Å². The number of methoxy groups -OCH3 is 1. The molecule has 3 fully saturated rings. The average Bonchev–Trinajstić information content (AvgIpc) is 3.77. The molecule has 2 aromatic heterocycles. The van der Waals surface area contributed by atoms with Gasteiger partial charge < -0.3 is 44.1 Å². The maximum Gasteiger partial charge on any atom is 0.291 e. The molecule has 3 aliphatic rings. The first-order valence-corrected chi connectivity index (χ1v) is 20.5. The number of quaternary nitrogens is 1. The van der Waals surface area contributed by atoms with Crippen molar-refractivity contribution in [2.24, 2.45) is 18.9 Å². The second-order valence-corrected chi connectivity index (χ2v) is 16.5. The Morgan fingerprint density at radius 1 is 1.00 bits per heavy atom. The highest BCUT2D eigenvalue weighted by molar-refractivity contribution is 6.34. The second kappa shape index (κ2) is 17.8. The van der Waals surface area contributed by atoms with Gasteiger partial charge >= 0.3 is 0 Å². The number of hydrogen-bond acceptors (Lipinski definition) is 9. The summed E-state index contributed by atoms with van der Waals surface area (Å²) in [6.07, 6.45) is 4.28. The summed E-state index contributed by atoms with van der Waals surface area (Å²) in [5.41, 5.74) is 3.07. The lowest BCUT2D eigenvalue weighted by molar-refractivity contribution is -0.931. The normalized spacial score (nSPS) is 19.7. The van der Waals surface area contributed by atoms with Crippen molar-refractivity contribution in [3.63, 3.8) is 0 Å². The summed E-state index contributed by atoms with van der Waals surface area (Å²) in [6, 6.07) is 7.90. The number of hydrogen-bond donors (Lipinski definition) is 2. The lowest BCUT2D eigenvalue weighted by Gasteiger charge is -2.47. The molecule has 0 unspecified atom stereocenters. The van der Waals surface area contributed by atoms with Crippen LogP contribution in [0.25, 0.3) is 22.4 Å². The van der Waals surface area contributed by atoms with Crippen molar-refractivity contribution in [2.45, 2.75) is 26.3 Å². The van der Waals surface area contributed by atoms with E-state index in [1.165, 1.54) is 16.8 Å². The number of piperazine rings is 1. The minimum Gasteiger partial charge on any atom is -0.544 e.